The van der Waals surface area contributed by atoms with Crippen LogP contribution in [0.2, 0.25) is 0 Å². The summed E-state index contributed by atoms with van der Waals surface area (Å²) in [5, 5.41) is 2.99. The quantitative estimate of drug-likeness (QED) is 0.857. The Kier molecular flexibility index (Phi) is 5.77. The first-order valence-electron chi connectivity index (χ1n) is 7.82. The third-order valence-electron chi connectivity index (χ3n) is 4.06. The first kappa shape index (κ1) is 17.0. The highest BCUT2D eigenvalue weighted by Gasteiger charge is 2.22. The minimum absolute atomic E-state index is 0.0293. The van der Waals surface area contributed by atoms with Crippen molar-refractivity contribution in [3.05, 3.63) is 59.7 Å². The fraction of sp³-hybridized carbons (Fsp3) is 0.316. The van der Waals surface area contributed by atoms with E-state index >= 15 is 0 Å². The average Bonchev–Trinajstić information content (AvgIpc) is 2.54. The Balaban J connectivity index is 1.95. The Bertz CT molecular complexity index is 653. The van der Waals surface area contributed by atoms with Crippen LogP contribution in [0.1, 0.15) is 18.1 Å². The molecule has 0 fully saturated rings. The number of hydrogen-bond donors (Lipinski definition) is 2. The first-order chi connectivity index (χ1) is 11.0. The van der Waals surface area contributed by atoms with Gasteiger partial charge in [0.25, 0.3) is 5.91 Å². The van der Waals surface area contributed by atoms with Crippen LogP contribution in [0.4, 0.5) is 5.69 Å². The van der Waals surface area contributed by atoms with E-state index in [0.717, 1.165) is 28.4 Å². The lowest BCUT2D eigenvalue weighted by molar-refractivity contribution is -0.907. The molecule has 0 heterocycles. The zero-order chi connectivity index (χ0) is 16.8. The van der Waals surface area contributed by atoms with Crippen molar-refractivity contribution in [1.29, 1.82) is 0 Å². The lowest BCUT2D eigenvalue weighted by atomic mass is 10.1. The van der Waals surface area contributed by atoms with Gasteiger partial charge in [-0.15, -0.1) is 0 Å². The molecule has 1 amide bonds. The van der Waals surface area contributed by atoms with Crippen molar-refractivity contribution < 1.29 is 14.4 Å². The maximum atomic E-state index is 12.4. The zero-order valence-corrected chi connectivity index (χ0v) is 14.2. The molecular formula is C19H25N2O2+. The third-order valence-corrected chi connectivity index (χ3v) is 4.06. The molecule has 2 atom stereocenters. The fourth-order valence-electron chi connectivity index (χ4n) is 2.42. The summed E-state index contributed by atoms with van der Waals surface area (Å²) in [5.74, 6) is 0.873. The van der Waals surface area contributed by atoms with Crippen LogP contribution in [0.15, 0.2) is 48.5 Å². The monoisotopic (exact) mass is 313 g/mol. The molecule has 2 N–H and O–H groups in total. The Morgan fingerprint density at radius 2 is 1.91 bits per heavy atom. The minimum atomic E-state index is -0.141. The highest BCUT2D eigenvalue weighted by atomic mass is 16.5. The van der Waals surface area contributed by atoms with Crippen LogP contribution >= 0.6 is 0 Å². The van der Waals surface area contributed by atoms with E-state index in [2.05, 4.69) is 5.32 Å². The topological polar surface area (TPSA) is 42.8 Å². The normalized spacial score (nSPS) is 13.2. The van der Waals surface area contributed by atoms with Gasteiger partial charge in [-0.25, -0.2) is 0 Å². The van der Waals surface area contributed by atoms with Gasteiger partial charge < -0.3 is 15.0 Å². The minimum Gasteiger partial charge on any atom is -0.497 e. The van der Waals surface area contributed by atoms with Crippen molar-refractivity contribution in [2.24, 2.45) is 0 Å². The molecule has 2 rings (SSSR count). The number of hydrogen-bond acceptors (Lipinski definition) is 2. The standard InChI is InChI=1S/C19H24N2O2/c1-14-6-5-7-17(12-14)20-19(22)15(2)21(3)13-16-8-10-18(23-4)11-9-16/h5-12,15H,13H2,1-4H3,(H,20,22)/p+1/t15-/m1/s1. The molecule has 1 unspecified atom stereocenters. The van der Waals surface area contributed by atoms with Gasteiger partial charge in [0, 0.05) is 11.3 Å². The molecule has 0 spiro atoms. The number of rotatable bonds is 6. The second kappa shape index (κ2) is 7.79. The van der Waals surface area contributed by atoms with Gasteiger partial charge in [0.05, 0.1) is 14.2 Å². The van der Waals surface area contributed by atoms with E-state index in [1.54, 1.807) is 7.11 Å². The molecule has 4 heteroatoms. The van der Waals surface area contributed by atoms with Crippen molar-refractivity contribution in [3.8, 4) is 5.75 Å². The number of methoxy groups -OCH3 is 1. The van der Waals surface area contributed by atoms with Crippen molar-refractivity contribution in [2.45, 2.75) is 26.4 Å². The highest BCUT2D eigenvalue weighted by Crippen LogP contribution is 2.11. The summed E-state index contributed by atoms with van der Waals surface area (Å²) in [6.07, 6.45) is 0. The van der Waals surface area contributed by atoms with Crippen molar-refractivity contribution in [3.63, 3.8) is 0 Å². The van der Waals surface area contributed by atoms with E-state index in [9.17, 15) is 4.79 Å². The van der Waals surface area contributed by atoms with Crippen LogP contribution in [0.5, 0.6) is 5.75 Å². The van der Waals surface area contributed by atoms with Gasteiger partial charge in [0.2, 0.25) is 0 Å². The molecule has 0 aromatic heterocycles. The summed E-state index contributed by atoms with van der Waals surface area (Å²) >= 11 is 0. The zero-order valence-electron chi connectivity index (χ0n) is 14.2. The summed E-state index contributed by atoms with van der Waals surface area (Å²) in [7, 11) is 3.69. The molecule has 23 heavy (non-hydrogen) atoms. The molecule has 0 saturated heterocycles. The van der Waals surface area contributed by atoms with E-state index in [4.69, 9.17) is 4.74 Å². The maximum Gasteiger partial charge on any atom is 0.282 e. The highest BCUT2D eigenvalue weighted by molar-refractivity contribution is 5.93. The van der Waals surface area contributed by atoms with E-state index < -0.39 is 0 Å². The predicted molar refractivity (Wildman–Crippen MR) is 92.9 cm³/mol. The van der Waals surface area contributed by atoms with Gasteiger partial charge in [0.15, 0.2) is 6.04 Å². The Labute approximate surface area is 138 Å². The molecule has 0 aliphatic heterocycles. The molecule has 0 aliphatic carbocycles. The molecule has 0 aliphatic rings. The van der Waals surface area contributed by atoms with Crippen LogP contribution in [0.3, 0.4) is 0 Å². The van der Waals surface area contributed by atoms with E-state index in [0.29, 0.717) is 0 Å². The van der Waals surface area contributed by atoms with Crippen LogP contribution in [0, 0.1) is 6.92 Å². The van der Waals surface area contributed by atoms with Crippen molar-refractivity contribution >= 4 is 11.6 Å². The lowest BCUT2D eigenvalue weighted by Crippen LogP contribution is -3.12. The van der Waals surface area contributed by atoms with E-state index in [1.807, 2.05) is 69.4 Å². The number of carbonyl (C=O) groups excluding carboxylic acids is 1. The van der Waals surface area contributed by atoms with Crippen LogP contribution in [0.25, 0.3) is 0 Å². The average molecular weight is 313 g/mol. The van der Waals surface area contributed by atoms with E-state index in [1.165, 1.54) is 5.56 Å². The van der Waals surface area contributed by atoms with Gasteiger partial charge in [-0.2, -0.15) is 0 Å². The fourth-order valence-corrected chi connectivity index (χ4v) is 2.42. The second-order valence-electron chi connectivity index (χ2n) is 5.95. The number of amides is 1. The first-order valence-corrected chi connectivity index (χ1v) is 7.82. The molecule has 122 valence electrons. The van der Waals surface area contributed by atoms with Gasteiger partial charge >= 0.3 is 0 Å². The van der Waals surface area contributed by atoms with Gasteiger partial charge in [0.1, 0.15) is 12.3 Å². The van der Waals surface area contributed by atoms with Crippen LogP contribution in [-0.4, -0.2) is 26.1 Å². The number of benzene rings is 2. The number of carbonyl (C=O) groups is 1. The van der Waals surface area contributed by atoms with Crippen molar-refractivity contribution in [2.75, 3.05) is 19.5 Å². The smallest absolute Gasteiger partial charge is 0.282 e. The molecule has 0 saturated carbocycles. The van der Waals surface area contributed by atoms with Gasteiger partial charge in [-0.1, -0.05) is 12.1 Å². The van der Waals surface area contributed by atoms with Gasteiger partial charge in [-0.3, -0.25) is 4.79 Å². The maximum absolute atomic E-state index is 12.4. The molecule has 2 aromatic rings. The van der Waals surface area contributed by atoms with Crippen LogP contribution in [-0.2, 0) is 11.3 Å². The molecule has 0 bridgehead atoms. The van der Waals surface area contributed by atoms with Crippen molar-refractivity contribution in [1.82, 2.24) is 0 Å². The van der Waals surface area contributed by atoms with E-state index in [-0.39, 0.29) is 11.9 Å². The largest absolute Gasteiger partial charge is 0.497 e. The van der Waals surface area contributed by atoms with Crippen LogP contribution < -0.4 is 15.0 Å². The summed E-state index contributed by atoms with van der Waals surface area (Å²) in [5.41, 5.74) is 3.16. The number of likely N-dealkylation sites (N-methyl/N-ethyl adjacent to an activating group) is 1. The Morgan fingerprint density at radius 3 is 2.52 bits per heavy atom. The summed E-state index contributed by atoms with van der Waals surface area (Å²) in [6.45, 7) is 4.75. The number of anilines is 1. The molecule has 0 radical (unpaired) electrons. The number of aryl methyl sites for hydroxylation is 1. The predicted octanol–water partition coefficient (Wildman–Crippen LogP) is 2.05. The summed E-state index contributed by atoms with van der Waals surface area (Å²) < 4.78 is 5.16. The Morgan fingerprint density at radius 1 is 1.22 bits per heavy atom. The molecule has 4 nitrogen and oxygen atoms in total. The molecular weight excluding hydrogens is 288 g/mol. The lowest BCUT2D eigenvalue weighted by Gasteiger charge is -2.21. The number of ether oxygens (including phenoxy) is 1. The summed E-state index contributed by atoms with van der Waals surface area (Å²) in [4.78, 5) is 13.5. The third kappa shape index (κ3) is 4.83. The Hall–Kier alpha value is -2.33. The summed E-state index contributed by atoms with van der Waals surface area (Å²) in [6, 6.07) is 15.7. The number of nitrogens with one attached hydrogen (secondary N) is 2. The second-order valence-corrected chi connectivity index (χ2v) is 5.95. The van der Waals surface area contributed by atoms with Gasteiger partial charge in [-0.05, 0) is 55.8 Å². The molecule has 2 aromatic carbocycles. The SMILES string of the molecule is COc1ccc(C[NH+](C)[C@H](C)C(=O)Nc2cccc(C)c2)cc1. The number of quaternary nitrogens is 1.